The molecule has 0 aromatic heterocycles. The van der Waals surface area contributed by atoms with E-state index in [-0.39, 0.29) is 24.7 Å². The van der Waals surface area contributed by atoms with Crippen molar-refractivity contribution in [1.82, 2.24) is 0 Å². The summed E-state index contributed by atoms with van der Waals surface area (Å²) in [7, 11) is 0. The van der Waals surface area contributed by atoms with Crippen molar-refractivity contribution >= 4 is 11.9 Å². The summed E-state index contributed by atoms with van der Waals surface area (Å²) < 4.78 is 6.29. The number of carboxylic acid groups (broad SMARTS) is 2. The van der Waals surface area contributed by atoms with Crippen molar-refractivity contribution in [3.8, 4) is 22.6 Å². The number of carbonyl (C=O) groups is 2. The number of phenols is 1. The largest absolute Gasteiger partial charge is 0.507 e. The van der Waals surface area contributed by atoms with Gasteiger partial charge in [-0.2, -0.15) is 0 Å². The van der Waals surface area contributed by atoms with Gasteiger partial charge in [-0.15, -0.1) is 0 Å². The van der Waals surface area contributed by atoms with Gasteiger partial charge in [0, 0.05) is 24.0 Å². The van der Waals surface area contributed by atoms with Crippen LogP contribution in [0.4, 0.5) is 0 Å². The molecule has 6 nitrogen and oxygen atoms in total. The lowest BCUT2D eigenvalue weighted by Crippen LogP contribution is -2.20. The van der Waals surface area contributed by atoms with E-state index in [1.165, 1.54) is 6.42 Å². The van der Waals surface area contributed by atoms with Crippen LogP contribution < -0.4 is 4.74 Å². The monoisotopic (exact) mass is 412 g/mol. The molecule has 2 aromatic rings. The van der Waals surface area contributed by atoms with E-state index in [0.29, 0.717) is 29.7 Å². The van der Waals surface area contributed by atoms with Gasteiger partial charge in [-0.05, 0) is 73.9 Å². The zero-order valence-electron chi connectivity index (χ0n) is 17.0. The first-order valence-electron chi connectivity index (χ1n) is 10.5. The van der Waals surface area contributed by atoms with E-state index in [0.717, 1.165) is 36.8 Å². The minimum Gasteiger partial charge on any atom is -0.507 e. The number of ether oxygens (including phenoxy) is 1. The van der Waals surface area contributed by atoms with Gasteiger partial charge in [0.25, 0.3) is 0 Å². The first-order chi connectivity index (χ1) is 14.4. The van der Waals surface area contributed by atoms with Crippen LogP contribution in [0.2, 0.25) is 0 Å². The van der Waals surface area contributed by atoms with Gasteiger partial charge >= 0.3 is 11.9 Å². The van der Waals surface area contributed by atoms with Crippen LogP contribution in [0.15, 0.2) is 36.4 Å². The van der Waals surface area contributed by atoms with E-state index >= 15 is 0 Å². The molecule has 3 N–H and O–H groups in total. The Kier molecular flexibility index (Phi) is 7.33. The lowest BCUT2D eigenvalue weighted by molar-refractivity contribution is -0.138. The van der Waals surface area contributed by atoms with Crippen molar-refractivity contribution in [2.45, 2.75) is 63.9 Å². The molecule has 2 aromatic carbocycles. The lowest BCUT2D eigenvalue weighted by atomic mass is 9.95. The number of aryl methyl sites for hydroxylation is 2. The Labute approximate surface area is 176 Å². The Morgan fingerprint density at radius 2 is 1.40 bits per heavy atom. The third-order valence-corrected chi connectivity index (χ3v) is 5.50. The molecule has 0 spiro atoms. The number of aliphatic carboxylic acids is 2. The predicted octanol–water partition coefficient (Wildman–Crippen LogP) is 4.81. The summed E-state index contributed by atoms with van der Waals surface area (Å²) in [4.78, 5) is 21.9. The third kappa shape index (κ3) is 5.99. The molecule has 0 heterocycles. The molecule has 0 amide bonds. The fourth-order valence-electron chi connectivity index (χ4n) is 3.87. The van der Waals surface area contributed by atoms with Crippen LogP contribution in [0, 0.1) is 0 Å². The Bertz CT molecular complexity index is 899. The summed E-state index contributed by atoms with van der Waals surface area (Å²) in [6, 6.07) is 10.7. The van der Waals surface area contributed by atoms with E-state index in [1.807, 2.05) is 18.2 Å². The molecule has 1 saturated carbocycles. The second-order valence-electron chi connectivity index (χ2n) is 7.85. The Morgan fingerprint density at radius 1 is 0.833 bits per heavy atom. The molecule has 30 heavy (non-hydrogen) atoms. The van der Waals surface area contributed by atoms with Gasteiger partial charge in [-0.25, -0.2) is 0 Å². The number of hydrogen-bond donors (Lipinski definition) is 3. The third-order valence-electron chi connectivity index (χ3n) is 5.50. The minimum absolute atomic E-state index is 0.00823. The van der Waals surface area contributed by atoms with Crippen molar-refractivity contribution in [3.63, 3.8) is 0 Å². The van der Waals surface area contributed by atoms with Crippen LogP contribution in [0.3, 0.4) is 0 Å². The first kappa shape index (κ1) is 21.7. The van der Waals surface area contributed by atoms with Crippen molar-refractivity contribution < 1.29 is 29.6 Å². The molecule has 6 heteroatoms. The molecular weight excluding hydrogens is 384 g/mol. The first-order valence-corrected chi connectivity index (χ1v) is 10.5. The van der Waals surface area contributed by atoms with Crippen LogP contribution in [0.25, 0.3) is 11.1 Å². The number of aromatic hydroxyl groups is 1. The molecular formula is C24H28O6. The molecule has 0 radical (unpaired) electrons. The predicted molar refractivity (Wildman–Crippen MR) is 113 cm³/mol. The average molecular weight is 412 g/mol. The smallest absolute Gasteiger partial charge is 0.303 e. The van der Waals surface area contributed by atoms with Gasteiger partial charge in [-0.1, -0.05) is 18.6 Å². The lowest BCUT2D eigenvalue weighted by Gasteiger charge is -2.25. The molecule has 0 atom stereocenters. The van der Waals surface area contributed by atoms with Crippen LogP contribution in [0.5, 0.6) is 11.5 Å². The van der Waals surface area contributed by atoms with Crippen LogP contribution in [-0.2, 0) is 22.4 Å². The molecule has 3 rings (SSSR count). The highest BCUT2D eigenvalue weighted by molar-refractivity contribution is 5.77. The summed E-state index contributed by atoms with van der Waals surface area (Å²) in [6.45, 7) is 0. The van der Waals surface area contributed by atoms with Crippen molar-refractivity contribution in [1.29, 1.82) is 0 Å². The highest BCUT2D eigenvalue weighted by Crippen LogP contribution is 2.39. The molecule has 0 saturated heterocycles. The number of rotatable bonds is 9. The van der Waals surface area contributed by atoms with Crippen molar-refractivity contribution in [3.05, 3.63) is 47.5 Å². The highest BCUT2D eigenvalue weighted by atomic mass is 16.5. The molecule has 1 aliphatic rings. The molecule has 1 aliphatic carbocycles. The fourth-order valence-corrected chi connectivity index (χ4v) is 3.87. The summed E-state index contributed by atoms with van der Waals surface area (Å²) >= 11 is 0. The van der Waals surface area contributed by atoms with Gasteiger partial charge in [0.2, 0.25) is 0 Å². The number of benzene rings is 2. The number of carboxylic acids is 2. The van der Waals surface area contributed by atoms with Gasteiger partial charge in [0.1, 0.15) is 11.5 Å². The van der Waals surface area contributed by atoms with E-state index in [9.17, 15) is 14.7 Å². The maximum atomic E-state index is 11.0. The standard InChI is InChI=1S/C24H28O6/c25-21-10-6-16(8-12-23(26)27)14-19(21)20-15-17(9-13-24(28)29)7-11-22(20)30-18-4-2-1-3-5-18/h6-7,10-11,14-15,18,25H,1-5,8-9,12-13H2,(H,26,27)(H,28,29). The number of phenolic OH excluding ortho intramolecular Hbond substituents is 1. The van der Waals surface area contributed by atoms with Crippen LogP contribution in [0.1, 0.15) is 56.1 Å². The summed E-state index contributed by atoms with van der Waals surface area (Å²) in [5.41, 5.74) is 2.93. The van der Waals surface area contributed by atoms with Gasteiger partial charge in [0.05, 0.1) is 6.10 Å². The SMILES string of the molecule is O=C(O)CCc1ccc(O)c(-c2cc(CCC(=O)O)ccc2OC2CCCCC2)c1. The van der Waals surface area contributed by atoms with E-state index in [4.69, 9.17) is 14.9 Å². The molecule has 0 unspecified atom stereocenters. The topological polar surface area (TPSA) is 104 Å². The minimum atomic E-state index is -0.874. The van der Waals surface area contributed by atoms with Crippen LogP contribution in [-0.4, -0.2) is 33.4 Å². The second-order valence-corrected chi connectivity index (χ2v) is 7.85. The Morgan fingerprint density at radius 3 is 2.00 bits per heavy atom. The molecule has 1 fully saturated rings. The molecule has 0 aliphatic heterocycles. The quantitative estimate of drug-likeness (QED) is 0.546. The van der Waals surface area contributed by atoms with Crippen LogP contribution >= 0.6 is 0 Å². The zero-order valence-corrected chi connectivity index (χ0v) is 17.0. The summed E-state index contributed by atoms with van der Waals surface area (Å²) in [6.07, 6.45) is 6.36. The molecule has 0 bridgehead atoms. The van der Waals surface area contributed by atoms with Crippen molar-refractivity contribution in [2.75, 3.05) is 0 Å². The Balaban J connectivity index is 1.95. The summed E-state index contributed by atoms with van der Waals surface area (Å²) in [5.74, 6) is -0.996. The summed E-state index contributed by atoms with van der Waals surface area (Å²) in [5, 5.41) is 28.5. The maximum Gasteiger partial charge on any atom is 0.303 e. The van der Waals surface area contributed by atoms with E-state index in [2.05, 4.69) is 0 Å². The Hall–Kier alpha value is -3.02. The van der Waals surface area contributed by atoms with E-state index < -0.39 is 11.9 Å². The van der Waals surface area contributed by atoms with Gasteiger partial charge in [-0.3, -0.25) is 9.59 Å². The average Bonchev–Trinajstić information content (AvgIpc) is 2.73. The van der Waals surface area contributed by atoms with Gasteiger partial charge in [0.15, 0.2) is 0 Å². The van der Waals surface area contributed by atoms with Crippen molar-refractivity contribution in [2.24, 2.45) is 0 Å². The van der Waals surface area contributed by atoms with Gasteiger partial charge < -0.3 is 20.1 Å². The number of hydrogen-bond acceptors (Lipinski definition) is 4. The fraction of sp³-hybridized carbons (Fsp3) is 0.417. The maximum absolute atomic E-state index is 11.0. The molecule has 160 valence electrons. The van der Waals surface area contributed by atoms with E-state index in [1.54, 1.807) is 18.2 Å². The normalized spacial score (nSPS) is 14.4. The second kappa shape index (κ2) is 10.1. The highest BCUT2D eigenvalue weighted by Gasteiger charge is 2.19. The zero-order chi connectivity index (χ0) is 21.5.